The van der Waals surface area contributed by atoms with Gasteiger partial charge >= 0.3 is 0 Å². The maximum absolute atomic E-state index is 9.12. The van der Waals surface area contributed by atoms with Crippen molar-refractivity contribution in [3.63, 3.8) is 0 Å². The fourth-order valence-electron chi connectivity index (χ4n) is 3.53. The number of benzene rings is 1. The molecule has 7 nitrogen and oxygen atoms in total. The van der Waals surface area contributed by atoms with Crippen LogP contribution in [-0.4, -0.2) is 29.4 Å². The first-order valence-electron chi connectivity index (χ1n) is 8.48. The van der Waals surface area contributed by atoms with Gasteiger partial charge in [0.05, 0.1) is 30.4 Å². The number of hydrogen-bond acceptors (Lipinski definition) is 6. The third-order valence-electron chi connectivity index (χ3n) is 4.83. The van der Waals surface area contributed by atoms with E-state index in [0.717, 1.165) is 34.3 Å². The van der Waals surface area contributed by atoms with Gasteiger partial charge in [0.15, 0.2) is 0 Å². The molecule has 1 atom stereocenters. The minimum absolute atomic E-state index is 0.0231. The Morgan fingerprint density at radius 1 is 1.30 bits per heavy atom. The molecular formula is C20H15N5O2. The Morgan fingerprint density at radius 2 is 2.19 bits per heavy atom. The van der Waals surface area contributed by atoms with Gasteiger partial charge in [-0.15, -0.1) is 0 Å². The van der Waals surface area contributed by atoms with Gasteiger partial charge in [0.25, 0.3) is 0 Å². The summed E-state index contributed by atoms with van der Waals surface area (Å²) < 4.78 is 13.1. The first kappa shape index (κ1) is 15.5. The zero-order valence-electron chi connectivity index (χ0n) is 14.7. The normalized spacial score (nSPS) is 16.9. The number of aliphatic imine (C=N–C) groups is 1. The van der Waals surface area contributed by atoms with Gasteiger partial charge in [0.2, 0.25) is 5.90 Å². The highest BCUT2D eigenvalue weighted by Crippen LogP contribution is 2.44. The van der Waals surface area contributed by atoms with Crippen molar-refractivity contribution in [1.82, 2.24) is 9.38 Å². The lowest BCUT2D eigenvalue weighted by atomic mass is 10.0. The predicted octanol–water partition coefficient (Wildman–Crippen LogP) is 3.19. The van der Waals surface area contributed by atoms with Crippen LogP contribution in [0.2, 0.25) is 0 Å². The molecule has 0 saturated heterocycles. The van der Waals surface area contributed by atoms with Gasteiger partial charge in [-0.2, -0.15) is 5.26 Å². The lowest BCUT2D eigenvalue weighted by Crippen LogP contribution is -2.04. The van der Waals surface area contributed by atoms with Gasteiger partial charge in [-0.05, 0) is 24.3 Å². The second-order valence-electron chi connectivity index (χ2n) is 6.30. The number of hydrogen-bond donors (Lipinski definition) is 1. The Kier molecular flexibility index (Phi) is 3.21. The molecule has 0 aliphatic carbocycles. The summed E-state index contributed by atoms with van der Waals surface area (Å²) >= 11 is 0. The van der Waals surface area contributed by atoms with E-state index in [0.29, 0.717) is 17.1 Å². The van der Waals surface area contributed by atoms with Crippen LogP contribution in [0.1, 0.15) is 22.7 Å². The summed E-state index contributed by atoms with van der Waals surface area (Å²) in [5.41, 5.74) is 3.80. The molecule has 0 spiro atoms. The average molecular weight is 357 g/mol. The van der Waals surface area contributed by atoms with E-state index < -0.39 is 0 Å². The molecule has 7 heteroatoms. The lowest BCUT2D eigenvalue weighted by molar-refractivity contribution is 0.412. The van der Waals surface area contributed by atoms with E-state index in [-0.39, 0.29) is 5.92 Å². The summed E-state index contributed by atoms with van der Waals surface area (Å²) in [4.78, 5) is 9.35. The van der Waals surface area contributed by atoms with Crippen molar-refractivity contribution < 1.29 is 9.47 Å². The molecule has 4 heterocycles. The van der Waals surface area contributed by atoms with E-state index in [2.05, 4.69) is 27.4 Å². The minimum atomic E-state index is -0.0231. The summed E-state index contributed by atoms with van der Waals surface area (Å²) in [6.07, 6.45) is 3.89. The summed E-state index contributed by atoms with van der Waals surface area (Å²) in [5.74, 6) is 2.97. The number of methoxy groups -OCH3 is 1. The molecule has 2 aliphatic heterocycles. The average Bonchev–Trinajstić information content (AvgIpc) is 3.36. The largest absolute Gasteiger partial charge is 0.497 e. The van der Waals surface area contributed by atoms with Crippen LogP contribution in [0.3, 0.4) is 0 Å². The van der Waals surface area contributed by atoms with Gasteiger partial charge in [-0.3, -0.25) is 4.40 Å². The third-order valence-corrected chi connectivity index (χ3v) is 4.83. The molecule has 2 aliphatic rings. The van der Waals surface area contributed by atoms with Crippen LogP contribution in [0.25, 0.3) is 11.3 Å². The monoisotopic (exact) mass is 357 g/mol. The first-order valence-corrected chi connectivity index (χ1v) is 8.48. The van der Waals surface area contributed by atoms with Crippen molar-refractivity contribution in [2.24, 2.45) is 4.99 Å². The maximum atomic E-state index is 9.12. The summed E-state index contributed by atoms with van der Waals surface area (Å²) in [6.45, 7) is 0. The van der Waals surface area contributed by atoms with Crippen LogP contribution in [0.15, 0.2) is 47.6 Å². The lowest BCUT2D eigenvalue weighted by Gasteiger charge is -2.05. The number of pyridine rings is 1. The molecule has 0 radical (unpaired) electrons. The fourth-order valence-corrected chi connectivity index (χ4v) is 3.53. The maximum Gasteiger partial charge on any atom is 0.206 e. The summed E-state index contributed by atoms with van der Waals surface area (Å²) in [5, 5.41) is 12.3. The Hall–Kier alpha value is -3.79. The highest BCUT2D eigenvalue weighted by molar-refractivity contribution is 6.01. The Bertz CT molecular complexity index is 1200. The number of rotatable bonds is 3. The quantitative estimate of drug-likeness (QED) is 0.778. The number of aromatic nitrogens is 2. The molecule has 1 N–H and O–H groups in total. The molecule has 27 heavy (non-hydrogen) atoms. The van der Waals surface area contributed by atoms with Gasteiger partial charge in [-0.1, -0.05) is 6.07 Å². The van der Waals surface area contributed by atoms with Gasteiger partial charge < -0.3 is 14.8 Å². The molecular weight excluding hydrogens is 342 g/mol. The van der Waals surface area contributed by atoms with Crippen molar-refractivity contribution >= 4 is 23.1 Å². The van der Waals surface area contributed by atoms with Crippen molar-refractivity contribution in [2.45, 2.75) is 5.92 Å². The smallest absolute Gasteiger partial charge is 0.206 e. The van der Waals surface area contributed by atoms with Crippen LogP contribution < -0.4 is 14.8 Å². The van der Waals surface area contributed by atoms with Crippen molar-refractivity contribution in [2.75, 3.05) is 19.5 Å². The molecule has 1 aromatic carbocycles. The number of ether oxygens (including phenoxy) is 2. The Labute approximate surface area is 155 Å². The molecule has 1 unspecified atom stereocenters. The van der Waals surface area contributed by atoms with Crippen LogP contribution in [-0.2, 0) is 0 Å². The highest BCUT2D eigenvalue weighted by Gasteiger charge is 2.35. The van der Waals surface area contributed by atoms with Crippen LogP contribution in [0.4, 0.5) is 5.82 Å². The molecule has 2 aromatic heterocycles. The second-order valence-corrected chi connectivity index (χ2v) is 6.30. The van der Waals surface area contributed by atoms with Gasteiger partial charge in [0, 0.05) is 24.9 Å². The number of fused-ring (bicyclic) bond motifs is 4. The first-order chi connectivity index (χ1) is 13.2. The second kappa shape index (κ2) is 5.61. The van der Waals surface area contributed by atoms with Crippen molar-refractivity contribution in [3.05, 3.63) is 59.4 Å². The zero-order valence-corrected chi connectivity index (χ0v) is 14.7. The SMILES string of the molecule is CNc1c(C2=CC3C(=N2)Oc2cc(OC)ccc23)nc2cc(C#N)ccn12. The van der Waals surface area contributed by atoms with Crippen LogP contribution >= 0.6 is 0 Å². The van der Waals surface area contributed by atoms with Gasteiger partial charge in [0.1, 0.15) is 28.7 Å². The summed E-state index contributed by atoms with van der Waals surface area (Å²) in [7, 11) is 3.47. The number of anilines is 1. The van der Waals surface area contributed by atoms with Gasteiger partial charge in [-0.25, -0.2) is 9.98 Å². The summed E-state index contributed by atoms with van der Waals surface area (Å²) in [6, 6.07) is 11.5. The zero-order chi connectivity index (χ0) is 18.5. The number of nitriles is 1. The van der Waals surface area contributed by atoms with E-state index >= 15 is 0 Å². The van der Waals surface area contributed by atoms with E-state index in [1.165, 1.54) is 0 Å². The van der Waals surface area contributed by atoms with E-state index in [1.807, 2.05) is 35.8 Å². The standard InChI is InChI=1S/C20H15N5O2/c1-22-19-18(24-17-7-11(10-21)5-6-25(17)19)15-9-14-13-4-3-12(26-2)8-16(13)27-20(14)23-15/h3-9,14,22H,1-2H3. The van der Waals surface area contributed by atoms with E-state index in [9.17, 15) is 0 Å². The van der Waals surface area contributed by atoms with Crippen LogP contribution in [0, 0.1) is 11.3 Å². The molecule has 3 aromatic rings. The molecule has 0 bridgehead atoms. The number of imidazole rings is 1. The van der Waals surface area contributed by atoms with E-state index in [4.69, 9.17) is 14.7 Å². The highest BCUT2D eigenvalue weighted by atomic mass is 16.5. The molecule has 0 fully saturated rings. The minimum Gasteiger partial charge on any atom is -0.497 e. The predicted molar refractivity (Wildman–Crippen MR) is 101 cm³/mol. The Morgan fingerprint density at radius 3 is 2.96 bits per heavy atom. The Balaban J connectivity index is 1.60. The van der Waals surface area contributed by atoms with E-state index in [1.54, 1.807) is 19.2 Å². The van der Waals surface area contributed by atoms with Crippen molar-refractivity contribution in [3.8, 4) is 17.6 Å². The number of nitrogens with zero attached hydrogens (tertiary/aromatic N) is 4. The number of nitrogens with one attached hydrogen (secondary N) is 1. The van der Waals surface area contributed by atoms with Crippen LogP contribution in [0.5, 0.6) is 11.5 Å². The molecule has 0 amide bonds. The molecule has 0 saturated carbocycles. The molecule has 5 rings (SSSR count). The topological polar surface area (TPSA) is 83.9 Å². The fraction of sp³-hybridized carbons (Fsp3) is 0.150. The van der Waals surface area contributed by atoms with Crippen molar-refractivity contribution in [1.29, 1.82) is 5.26 Å². The molecule has 132 valence electrons. The third kappa shape index (κ3) is 2.20.